The molecule has 4 rings (SSSR count). The Morgan fingerprint density at radius 1 is 1.04 bits per heavy atom. The number of benzene rings is 2. The molecule has 1 atom stereocenters. The molecular weight excluding hydrogens is 319 g/mol. The topological polar surface area (TPSA) is 32.8 Å². The van der Waals surface area contributed by atoms with Gasteiger partial charge in [0.2, 0.25) is 0 Å². The molecule has 2 heterocycles. The van der Waals surface area contributed by atoms with Crippen LogP contribution in [0.3, 0.4) is 0 Å². The molecule has 0 radical (unpaired) electrons. The van der Waals surface area contributed by atoms with Gasteiger partial charge >= 0.3 is 0 Å². The van der Waals surface area contributed by atoms with E-state index in [0.717, 1.165) is 17.7 Å². The number of hydrogen-bond donors (Lipinski definition) is 0. The summed E-state index contributed by atoms with van der Waals surface area (Å²) >= 11 is 0. The maximum absolute atomic E-state index is 13.4. The van der Waals surface area contributed by atoms with Crippen LogP contribution < -0.4 is 4.90 Å². The van der Waals surface area contributed by atoms with Gasteiger partial charge in [-0.15, -0.1) is 0 Å². The zero-order valence-corrected chi connectivity index (χ0v) is 14.0. The number of nitrogens with zero attached hydrogens (tertiary/aromatic N) is 2. The molecule has 4 nitrogen and oxygen atoms in total. The van der Waals surface area contributed by atoms with E-state index in [9.17, 15) is 9.18 Å². The quantitative estimate of drug-likeness (QED) is 0.843. The van der Waals surface area contributed by atoms with Crippen molar-refractivity contribution in [3.8, 4) is 0 Å². The number of carbonyl (C=O) groups is 1. The van der Waals surface area contributed by atoms with Gasteiger partial charge in [-0.25, -0.2) is 4.39 Å². The summed E-state index contributed by atoms with van der Waals surface area (Å²) in [6.45, 7) is 3.22. The number of piperazine rings is 1. The maximum atomic E-state index is 13.4. The highest BCUT2D eigenvalue weighted by Gasteiger charge is 2.32. The van der Waals surface area contributed by atoms with Crippen LogP contribution in [-0.4, -0.2) is 43.6 Å². The molecule has 0 aromatic heterocycles. The minimum Gasteiger partial charge on any atom is -0.368 e. The highest BCUT2D eigenvalue weighted by molar-refractivity contribution is 5.83. The molecule has 5 heteroatoms. The molecule has 0 bridgehead atoms. The van der Waals surface area contributed by atoms with Gasteiger partial charge in [-0.3, -0.25) is 4.79 Å². The first-order chi connectivity index (χ1) is 12.2. The summed E-state index contributed by atoms with van der Waals surface area (Å²) in [6.07, 6.45) is 0.360. The van der Waals surface area contributed by atoms with Crippen molar-refractivity contribution in [2.24, 2.45) is 0 Å². The summed E-state index contributed by atoms with van der Waals surface area (Å²) in [5, 5.41) is 0. The van der Waals surface area contributed by atoms with Crippen LogP contribution in [0.1, 0.15) is 17.2 Å². The van der Waals surface area contributed by atoms with Gasteiger partial charge in [-0.05, 0) is 35.7 Å². The van der Waals surface area contributed by atoms with Gasteiger partial charge in [-0.1, -0.05) is 30.3 Å². The number of amides is 1. The number of fused-ring (bicyclic) bond motifs is 1. The van der Waals surface area contributed by atoms with E-state index in [0.29, 0.717) is 32.8 Å². The summed E-state index contributed by atoms with van der Waals surface area (Å²) in [5.74, 6) is -0.200. The van der Waals surface area contributed by atoms with Crippen LogP contribution in [0.15, 0.2) is 48.5 Å². The molecule has 0 N–H and O–H groups in total. The second-order valence-corrected chi connectivity index (χ2v) is 6.49. The van der Waals surface area contributed by atoms with E-state index in [1.54, 1.807) is 6.07 Å². The molecule has 130 valence electrons. The summed E-state index contributed by atoms with van der Waals surface area (Å²) in [5.41, 5.74) is 3.06. The van der Waals surface area contributed by atoms with Crippen molar-refractivity contribution >= 4 is 11.6 Å². The van der Waals surface area contributed by atoms with Crippen LogP contribution in [0, 0.1) is 5.82 Å². The summed E-state index contributed by atoms with van der Waals surface area (Å²) in [4.78, 5) is 16.9. The first-order valence-electron chi connectivity index (χ1n) is 8.71. The number of ether oxygens (including phenoxy) is 1. The van der Waals surface area contributed by atoms with E-state index < -0.39 is 6.10 Å². The molecule has 0 aliphatic carbocycles. The average molecular weight is 340 g/mol. The second-order valence-electron chi connectivity index (χ2n) is 6.49. The molecule has 0 spiro atoms. The number of hydrogen-bond acceptors (Lipinski definition) is 3. The Hall–Kier alpha value is -2.40. The number of rotatable bonds is 2. The standard InChI is InChI=1S/C20H21FN2O2/c21-16-5-3-6-17(14-16)22-9-11-23(12-10-22)20(24)19-18-7-2-1-4-15(18)8-13-25-19/h1-7,14,19H,8-13H2. The SMILES string of the molecule is O=C(C1OCCc2ccccc21)N1CCN(c2cccc(F)c2)CC1. The fourth-order valence-electron chi connectivity index (χ4n) is 3.62. The van der Waals surface area contributed by atoms with Crippen molar-refractivity contribution in [3.05, 3.63) is 65.5 Å². The van der Waals surface area contributed by atoms with Crippen LogP contribution in [0.25, 0.3) is 0 Å². The summed E-state index contributed by atoms with van der Waals surface area (Å²) < 4.78 is 19.2. The van der Waals surface area contributed by atoms with Gasteiger partial charge in [-0.2, -0.15) is 0 Å². The Balaban J connectivity index is 1.44. The zero-order chi connectivity index (χ0) is 17.2. The van der Waals surface area contributed by atoms with E-state index in [-0.39, 0.29) is 11.7 Å². The van der Waals surface area contributed by atoms with Crippen LogP contribution in [-0.2, 0) is 16.0 Å². The van der Waals surface area contributed by atoms with Crippen LogP contribution in [0.5, 0.6) is 0 Å². The maximum Gasteiger partial charge on any atom is 0.256 e. The number of carbonyl (C=O) groups excluding carboxylic acids is 1. The molecule has 1 saturated heterocycles. The first kappa shape index (κ1) is 16.1. The molecule has 2 aromatic rings. The summed E-state index contributed by atoms with van der Waals surface area (Å²) in [7, 11) is 0. The van der Waals surface area contributed by atoms with E-state index in [1.165, 1.54) is 17.7 Å². The van der Waals surface area contributed by atoms with E-state index in [1.807, 2.05) is 29.2 Å². The predicted molar refractivity (Wildman–Crippen MR) is 94.0 cm³/mol. The lowest BCUT2D eigenvalue weighted by Gasteiger charge is -2.38. The molecule has 1 amide bonds. The molecule has 2 aliphatic heterocycles. The smallest absolute Gasteiger partial charge is 0.256 e. The highest BCUT2D eigenvalue weighted by atomic mass is 19.1. The van der Waals surface area contributed by atoms with Gasteiger partial charge in [0, 0.05) is 31.9 Å². The normalized spacial score (nSPS) is 20.3. The van der Waals surface area contributed by atoms with E-state index in [4.69, 9.17) is 4.74 Å². The monoisotopic (exact) mass is 340 g/mol. The van der Waals surface area contributed by atoms with Crippen LogP contribution in [0.2, 0.25) is 0 Å². The van der Waals surface area contributed by atoms with Crippen LogP contribution >= 0.6 is 0 Å². The van der Waals surface area contributed by atoms with Crippen molar-refractivity contribution < 1.29 is 13.9 Å². The minimum absolute atomic E-state index is 0.0334. The van der Waals surface area contributed by atoms with Gasteiger partial charge in [0.15, 0.2) is 6.10 Å². The fraction of sp³-hybridized carbons (Fsp3) is 0.350. The van der Waals surface area contributed by atoms with Gasteiger partial charge in [0.1, 0.15) is 5.82 Å². The fourth-order valence-corrected chi connectivity index (χ4v) is 3.62. The Labute approximate surface area is 146 Å². The average Bonchev–Trinajstić information content (AvgIpc) is 2.67. The second kappa shape index (κ2) is 6.84. The third kappa shape index (κ3) is 3.24. The minimum atomic E-state index is -0.495. The summed E-state index contributed by atoms with van der Waals surface area (Å²) in [6, 6.07) is 14.6. The van der Waals surface area contributed by atoms with E-state index in [2.05, 4.69) is 11.0 Å². The molecular formula is C20H21FN2O2. The van der Waals surface area contributed by atoms with Crippen molar-refractivity contribution in [1.29, 1.82) is 0 Å². The largest absolute Gasteiger partial charge is 0.368 e. The van der Waals surface area contributed by atoms with Crippen molar-refractivity contribution in [2.45, 2.75) is 12.5 Å². The third-order valence-corrected chi connectivity index (χ3v) is 4.98. The van der Waals surface area contributed by atoms with Gasteiger partial charge in [0.05, 0.1) is 6.61 Å². The molecule has 25 heavy (non-hydrogen) atoms. The van der Waals surface area contributed by atoms with Crippen LogP contribution in [0.4, 0.5) is 10.1 Å². The Kier molecular flexibility index (Phi) is 4.40. The third-order valence-electron chi connectivity index (χ3n) is 4.98. The highest BCUT2D eigenvalue weighted by Crippen LogP contribution is 2.29. The van der Waals surface area contributed by atoms with Crippen molar-refractivity contribution in [2.75, 3.05) is 37.7 Å². The number of anilines is 1. The molecule has 2 aromatic carbocycles. The molecule has 1 unspecified atom stereocenters. The van der Waals surface area contributed by atoms with Crippen molar-refractivity contribution in [3.63, 3.8) is 0 Å². The zero-order valence-electron chi connectivity index (χ0n) is 14.0. The van der Waals surface area contributed by atoms with Gasteiger partial charge < -0.3 is 14.5 Å². The molecule has 0 saturated carbocycles. The predicted octanol–water partition coefficient (Wildman–Crippen LogP) is 2.79. The number of halogens is 1. The van der Waals surface area contributed by atoms with Crippen molar-refractivity contribution in [1.82, 2.24) is 4.90 Å². The lowest BCUT2D eigenvalue weighted by Crippen LogP contribution is -2.50. The van der Waals surface area contributed by atoms with E-state index >= 15 is 0 Å². The lowest BCUT2D eigenvalue weighted by molar-refractivity contribution is -0.145. The first-order valence-corrected chi connectivity index (χ1v) is 8.71. The Bertz CT molecular complexity index is 772. The molecule has 2 aliphatic rings. The lowest BCUT2D eigenvalue weighted by atomic mass is 9.96. The molecule has 1 fully saturated rings. The Morgan fingerprint density at radius 2 is 1.84 bits per heavy atom. The van der Waals surface area contributed by atoms with Gasteiger partial charge in [0.25, 0.3) is 5.91 Å². The Morgan fingerprint density at radius 3 is 2.64 bits per heavy atom.